The highest BCUT2D eigenvalue weighted by Crippen LogP contribution is 2.29. The molecule has 1 aliphatic heterocycles. The van der Waals surface area contributed by atoms with E-state index in [1.807, 2.05) is 4.90 Å². The van der Waals surface area contributed by atoms with E-state index in [0.717, 1.165) is 6.07 Å². The Balaban J connectivity index is 1.91. The number of thiocarbonyl (C=S) groups is 1. The summed E-state index contributed by atoms with van der Waals surface area (Å²) < 4.78 is 10.8. The summed E-state index contributed by atoms with van der Waals surface area (Å²) in [7, 11) is 0. The predicted octanol–water partition coefficient (Wildman–Crippen LogP) is 4.13. The Labute approximate surface area is 175 Å². The van der Waals surface area contributed by atoms with Gasteiger partial charge in [-0.15, -0.1) is 0 Å². The Hall–Kier alpha value is -2.26. The third kappa shape index (κ3) is 4.59. The topological polar surface area (TPSA) is 81.9 Å². The monoisotopic (exact) mass is 440 g/mol. The quantitative estimate of drug-likeness (QED) is 0.232. The van der Waals surface area contributed by atoms with E-state index in [1.54, 1.807) is 12.1 Å². The molecule has 0 saturated carbocycles. The van der Waals surface area contributed by atoms with Crippen molar-refractivity contribution in [3.63, 3.8) is 0 Å². The first-order chi connectivity index (χ1) is 13.4. The van der Waals surface area contributed by atoms with Crippen LogP contribution < -0.4 is 4.74 Å². The highest BCUT2D eigenvalue weighted by atomic mass is 35.5. The molecule has 0 aliphatic carbocycles. The van der Waals surface area contributed by atoms with Crippen LogP contribution >= 0.6 is 35.4 Å². The smallest absolute Gasteiger partial charge is 0.350 e. The first-order valence-corrected chi connectivity index (χ1v) is 9.36. The fourth-order valence-electron chi connectivity index (χ4n) is 2.68. The van der Waals surface area contributed by atoms with Crippen LogP contribution in [0.2, 0.25) is 10.0 Å². The summed E-state index contributed by atoms with van der Waals surface area (Å²) >= 11 is 17.4. The molecule has 0 radical (unpaired) electrons. The van der Waals surface area contributed by atoms with Gasteiger partial charge in [0.2, 0.25) is 0 Å². The van der Waals surface area contributed by atoms with E-state index >= 15 is 0 Å². The molecule has 1 heterocycles. The molecule has 2 aromatic carbocycles. The molecular weight excluding hydrogens is 427 g/mol. The molecule has 1 saturated heterocycles. The SMILES string of the molecule is O=C(Oc1ccc(Cl)cc1C(=S)N1CCOCC1)c1ccc(Cl)cc1[N+](=O)[O-]. The molecule has 0 N–H and O–H groups in total. The number of hydrogen-bond acceptors (Lipinski definition) is 6. The molecule has 1 aliphatic rings. The molecule has 0 amide bonds. The number of carbonyl (C=O) groups is 1. The Morgan fingerprint density at radius 2 is 1.75 bits per heavy atom. The number of nitro benzene ring substituents is 1. The molecule has 1 fully saturated rings. The fraction of sp³-hybridized carbons (Fsp3) is 0.222. The van der Waals surface area contributed by atoms with Gasteiger partial charge in [-0.3, -0.25) is 10.1 Å². The van der Waals surface area contributed by atoms with Crippen molar-refractivity contribution in [3.8, 4) is 5.75 Å². The average molecular weight is 441 g/mol. The Morgan fingerprint density at radius 1 is 1.11 bits per heavy atom. The average Bonchev–Trinajstić information content (AvgIpc) is 2.69. The molecule has 0 unspecified atom stereocenters. The minimum Gasteiger partial charge on any atom is -0.422 e. The summed E-state index contributed by atoms with van der Waals surface area (Å²) in [6.45, 7) is 2.27. The lowest BCUT2D eigenvalue weighted by Crippen LogP contribution is -2.40. The summed E-state index contributed by atoms with van der Waals surface area (Å²) in [5.41, 5.74) is -0.203. The maximum atomic E-state index is 12.6. The van der Waals surface area contributed by atoms with Crippen LogP contribution in [0.25, 0.3) is 0 Å². The number of nitro groups is 1. The maximum absolute atomic E-state index is 12.6. The second kappa shape index (κ2) is 8.83. The van der Waals surface area contributed by atoms with E-state index in [0.29, 0.717) is 41.9 Å². The van der Waals surface area contributed by atoms with Crippen LogP contribution in [-0.2, 0) is 4.74 Å². The molecule has 3 rings (SSSR count). The number of benzene rings is 2. The molecular formula is C18H14Cl2N2O5S. The van der Waals surface area contributed by atoms with Gasteiger partial charge in [-0.2, -0.15) is 0 Å². The van der Waals surface area contributed by atoms with Gasteiger partial charge in [0, 0.05) is 29.2 Å². The lowest BCUT2D eigenvalue weighted by molar-refractivity contribution is -0.385. The van der Waals surface area contributed by atoms with Gasteiger partial charge in [0.25, 0.3) is 5.69 Å². The Morgan fingerprint density at radius 3 is 2.43 bits per heavy atom. The number of ether oxygens (including phenoxy) is 2. The largest absolute Gasteiger partial charge is 0.422 e. The molecule has 28 heavy (non-hydrogen) atoms. The van der Waals surface area contributed by atoms with Crippen molar-refractivity contribution in [1.29, 1.82) is 0 Å². The van der Waals surface area contributed by atoms with Gasteiger partial charge in [0.1, 0.15) is 16.3 Å². The lowest BCUT2D eigenvalue weighted by Gasteiger charge is -2.29. The van der Waals surface area contributed by atoms with E-state index in [1.165, 1.54) is 18.2 Å². The number of hydrogen-bond donors (Lipinski definition) is 0. The molecule has 0 bridgehead atoms. The number of carbonyl (C=O) groups excluding carboxylic acids is 1. The second-order valence-corrected chi connectivity index (χ2v) is 7.11. The molecule has 10 heteroatoms. The zero-order valence-corrected chi connectivity index (χ0v) is 16.7. The summed E-state index contributed by atoms with van der Waals surface area (Å²) in [5, 5.41) is 11.8. The van der Waals surface area contributed by atoms with Crippen molar-refractivity contribution < 1.29 is 19.2 Å². The van der Waals surface area contributed by atoms with Gasteiger partial charge in [-0.25, -0.2) is 4.79 Å². The van der Waals surface area contributed by atoms with Gasteiger partial charge in [0.15, 0.2) is 0 Å². The van der Waals surface area contributed by atoms with E-state index in [4.69, 9.17) is 44.9 Å². The van der Waals surface area contributed by atoms with Gasteiger partial charge < -0.3 is 14.4 Å². The van der Waals surface area contributed by atoms with Gasteiger partial charge in [-0.05, 0) is 30.3 Å². The van der Waals surface area contributed by atoms with Crippen LogP contribution in [0.15, 0.2) is 36.4 Å². The number of nitrogens with zero attached hydrogens (tertiary/aromatic N) is 2. The third-order valence-electron chi connectivity index (χ3n) is 4.05. The van der Waals surface area contributed by atoms with E-state index < -0.39 is 16.6 Å². The first-order valence-electron chi connectivity index (χ1n) is 8.19. The van der Waals surface area contributed by atoms with Crippen molar-refractivity contribution in [2.24, 2.45) is 0 Å². The summed E-state index contributed by atoms with van der Waals surface area (Å²) in [5.74, 6) is -0.730. The predicted molar refractivity (Wildman–Crippen MR) is 109 cm³/mol. The van der Waals surface area contributed by atoms with Crippen LogP contribution in [0.3, 0.4) is 0 Å². The number of rotatable bonds is 4. The van der Waals surface area contributed by atoms with Crippen molar-refractivity contribution in [2.75, 3.05) is 26.3 Å². The van der Waals surface area contributed by atoms with E-state index in [-0.39, 0.29) is 16.3 Å². The molecule has 0 aromatic heterocycles. The van der Waals surface area contributed by atoms with Crippen LogP contribution in [-0.4, -0.2) is 47.1 Å². The highest BCUT2D eigenvalue weighted by Gasteiger charge is 2.25. The molecule has 0 spiro atoms. The second-order valence-electron chi connectivity index (χ2n) is 5.85. The molecule has 2 aromatic rings. The molecule has 7 nitrogen and oxygen atoms in total. The minimum absolute atomic E-state index is 0.143. The maximum Gasteiger partial charge on any atom is 0.350 e. The number of esters is 1. The molecule has 0 atom stereocenters. The van der Waals surface area contributed by atoms with E-state index in [9.17, 15) is 14.9 Å². The van der Waals surface area contributed by atoms with Crippen LogP contribution in [0, 0.1) is 10.1 Å². The lowest BCUT2D eigenvalue weighted by atomic mass is 10.1. The van der Waals surface area contributed by atoms with Crippen molar-refractivity contribution >= 4 is 52.1 Å². The summed E-state index contributed by atoms with van der Waals surface area (Å²) in [4.78, 5) is 25.5. The van der Waals surface area contributed by atoms with Crippen LogP contribution in [0.1, 0.15) is 15.9 Å². The van der Waals surface area contributed by atoms with Crippen LogP contribution in [0.5, 0.6) is 5.75 Å². The fourth-order valence-corrected chi connectivity index (χ4v) is 3.36. The van der Waals surface area contributed by atoms with Gasteiger partial charge in [0.05, 0.1) is 23.7 Å². The Bertz CT molecular complexity index is 948. The standard InChI is InChI=1S/C18H14Cl2N2O5S/c19-11-2-4-16(14(9-11)17(28)21-5-7-26-8-6-21)27-18(23)13-3-1-12(20)10-15(13)22(24)25/h1-4,9-10H,5-8H2. The zero-order chi connectivity index (χ0) is 20.3. The van der Waals surface area contributed by atoms with Gasteiger partial charge >= 0.3 is 5.97 Å². The van der Waals surface area contributed by atoms with Crippen molar-refractivity contribution in [3.05, 3.63) is 67.7 Å². The van der Waals surface area contributed by atoms with E-state index in [2.05, 4.69) is 0 Å². The zero-order valence-electron chi connectivity index (χ0n) is 14.4. The van der Waals surface area contributed by atoms with Gasteiger partial charge in [-0.1, -0.05) is 35.4 Å². The summed E-state index contributed by atoms with van der Waals surface area (Å²) in [6, 6.07) is 8.37. The minimum atomic E-state index is -0.892. The van der Waals surface area contributed by atoms with Crippen LogP contribution in [0.4, 0.5) is 5.69 Å². The first kappa shape index (κ1) is 20.5. The summed E-state index contributed by atoms with van der Waals surface area (Å²) in [6.07, 6.45) is 0. The Kier molecular flexibility index (Phi) is 6.46. The molecule has 146 valence electrons. The normalized spacial score (nSPS) is 13.9. The van der Waals surface area contributed by atoms with Crippen molar-refractivity contribution in [1.82, 2.24) is 4.90 Å². The number of halogens is 2. The number of morpholine rings is 1. The van der Waals surface area contributed by atoms with Crippen molar-refractivity contribution in [2.45, 2.75) is 0 Å². The third-order valence-corrected chi connectivity index (χ3v) is 5.00. The highest BCUT2D eigenvalue weighted by molar-refractivity contribution is 7.80.